The van der Waals surface area contributed by atoms with Gasteiger partial charge in [0.15, 0.2) is 0 Å². The van der Waals surface area contributed by atoms with Crippen LogP contribution in [0.2, 0.25) is 0 Å². The quantitative estimate of drug-likeness (QED) is 0.563. The van der Waals surface area contributed by atoms with Gasteiger partial charge in [-0.15, -0.1) is 10.2 Å². The van der Waals surface area contributed by atoms with Gasteiger partial charge in [-0.05, 0) is 25.1 Å². The van der Waals surface area contributed by atoms with E-state index in [0.717, 1.165) is 22.6 Å². The fraction of sp³-hybridized carbons (Fsp3) is 0.0667. The highest BCUT2D eigenvalue weighted by Gasteiger charge is 2.13. The summed E-state index contributed by atoms with van der Waals surface area (Å²) in [5, 5.41) is 12.4. The zero-order chi connectivity index (χ0) is 14.2. The van der Waals surface area contributed by atoms with Crippen LogP contribution in [0.4, 0.5) is 0 Å². The van der Waals surface area contributed by atoms with Gasteiger partial charge < -0.3 is 0 Å². The number of benzene rings is 1. The molecule has 0 saturated carbocycles. The van der Waals surface area contributed by atoms with Crippen molar-refractivity contribution in [1.82, 2.24) is 29.4 Å². The predicted molar refractivity (Wildman–Crippen MR) is 78.1 cm³/mol. The number of rotatable bonds is 2. The summed E-state index contributed by atoms with van der Waals surface area (Å²) in [6.45, 7) is 2.05. The van der Waals surface area contributed by atoms with Gasteiger partial charge >= 0.3 is 0 Å². The molecule has 3 heterocycles. The summed E-state index contributed by atoms with van der Waals surface area (Å²) in [5.74, 6) is 0.583. The van der Waals surface area contributed by atoms with E-state index in [0.29, 0.717) is 5.78 Å². The van der Waals surface area contributed by atoms with Crippen molar-refractivity contribution < 1.29 is 0 Å². The van der Waals surface area contributed by atoms with Crippen LogP contribution in [-0.2, 0) is 0 Å². The lowest BCUT2D eigenvalue weighted by atomic mass is 10.2. The molecule has 0 amide bonds. The van der Waals surface area contributed by atoms with Gasteiger partial charge in [0.1, 0.15) is 6.33 Å². The van der Waals surface area contributed by atoms with E-state index in [1.807, 2.05) is 58.6 Å². The van der Waals surface area contributed by atoms with E-state index in [2.05, 4.69) is 20.3 Å². The van der Waals surface area contributed by atoms with Crippen LogP contribution in [0.3, 0.4) is 0 Å². The molecule has 4 rings (SSSR count). The number of hydrogen-bond donors (Lipinski definition) is 0. The van der Waals surface area contributed by atoms with E-state index in [1.165, 1.54) is 0 Å². The molecule has 0 unspecified atom stereocenters. The van der Waals surface area contributed by atoms with Gasteiger partial charge in [-0.1, -0.05) is 18.2 Å². The third-order valence-corrected chi connectivity index (χ3v) is 3.50. The van der Waals surface area contributed by atoms with Gasteiger partial charge in [-0.25, -0.2) is 9.67 Å². The average Bonchev–Trinajstić information content (AvgIpc) is 3.14. The topological polar surface area (TPSA) is 60.9 Å². The van der Waals surface area contributed by atoms with Gasteiger partial charge in [-0.2, -0.15) is 5.10 Å². The second-order valence-electron chi connectivity index (χ2n) is 4.72. The highest BCUT2D eigenvalue weighted by atomic mass is 15.3. The average molecular weight is 276 g/mol. The zero-order valence-corrected chi connectivity index (χ0v) is 11.4. The Balaban J connectivity index is 1.91. The lowest BCUT2D eigenvalue weighted by molar-refractivity contribution is 0.847. The van der Waals surface area contributed by atoms with Crippen LogP contribution in [0, 0.1) is 6.92 Å². The first kappa shape index (κ1) is 11.8. The lowest BCUT2D eigenvalue weighted by Crippen LogP contribution is -1.99. The third kappa shape index (κ3) is 1.80. The van der Waals surface area contributed by atoms with Crippen LogP contribution in [0.1, 0.15) is 5.69 Å². The van der Waals surface area contributed by atoms with Crippen molar-refractivity contribution in [2.75, 3.05) is 0 Å². The smallest absolute Gasteiger partial charge is 0.255 e. The number of nitrogens with zero attached hydrogens (tertiary/aromatic N) is 6. The summed E-state index contributed by atoms with van der Waals surface area (Å²) in [5.41, 5.74) is 4.11. The highest BCUT2D eigenvalue weighted by Crippen LogP contribution is 2.24. The highest BCUT2D eigenvalue weighted by molar-refractivity contribution is 5.64. The number of para-hydroxylation sites is 1. The molecule has 0 aliphatic heterocycles. The molecule has 6 heteroatoms. The Morgan fingerprint density at radius 3 is 2.76 bits per heavy atom. The van der Waals surface area contributed by atoms with Crippen molar-refractivity contribution in [2.24, 2.45) is 0 Å². The number of hydrogen-bond acceptors (Lipinski definition) is 4. The second-order valence-corrected chi connectivity index (χ2v) is 4.72. The van der Waals surface area contributed by atoms with Gasteiger partial charge in [0.25, 0.3) is 5.78 Å². The summed E-state index contributed by atoms with van der Waals surface area (Å²) in [6, 6.07) is 12.0. The largest absolute Gasteiger partial charge is 0.265 e. The molecule has 0 aliphatic rings. The van der Waals surface area contributed by atoms with Crippen LogP contribution in [-0.4, -0.2) is 29.4 Å². The lowest BCUT2D eigenvalue weighted by Gasteiger charge is -2.06. The van der Waals surface area contributed by atoms with Gasteiger partial charge in [0.05, 0.1) is 23.3 Å². The SMILES string of the molecule is Cc1c(-c2ccnc3nncn23)cnn1-c1ccccc1. The second kappa shape index (κ2) is 4.52. The zero-order valence-electron chi connectivity index (χ0n) is 11.4. The summed E-state index contributed by atoms with van der Waals surface area (Å²) in [7, 11) is 0. The van der Waals surface area contributed by atoms with Crippen LogP contribution in [0.25, 0.3) is 22.7 Å². The van der Waals surface area contributed by atoms with Crippen molar-refractivity contribution in [3.05, 3.63) is 60.8 Å². The molecular formula is C15H12N6. The van der Waals surface area contributed by atoms with Crippen LogP contribution in [0.5, 0.6) is 0 Å². The first-order valence-corrected chi connectivity index (χ1v) is 6.60. The third-order valence-electron chi connectivity index (χ3n) is 3.50. The van der Waals surface area contributed by atoms with E-state index >= 15 is 0 Å². The fourth-order valence-corrected chi connectivity index (χ4v) is 2.45. The molecule has 0 fully saturated rings. The normalized spacial score (nSPS) is 11.1. The molecule has 0 spiro atoms. The first-order valence-electron chi connectivity index (χ1n) is 6.60. The van der Waals surface area contributed by atoms with E-state index in [-0.39, 0.29) is 0 Å². The molecule has 21 heavy (non-hydrogen) atoms. The summed E-state index contributed by atoms with van der Waals surface area (Å²) in [4.78, 5) is 4.18. The van der Waals surface area contributed by atoms with E-state index < -0.39 is 0 Å². The molecule has 0 N–H and O–H groups in total. The Hall–Kier alpha value is -3.02. The maximum absolute atomic E-state index is 4.50. The summed E-state index contributed by atoms with van der Waals surface area (Å²) >= 11 is 0. The van der Waals surface area contributed by atoms with E-state index in [4.69, 9.17) is 0 Å². The van der Waals surface area contributed by atoms with Crippen molar-refractivity contribution in [1.29, 1.82) is 0 Å². The van der Waals surface area contributed by atoms with Gasteiger partial charge in [0.2, 0.25) is 0 Å². The summed E-state index contributed by atoms with van der Waals surface area (Å²) < 4.78 is 3.78. The van der Waals surface area contributed by atoms with E-state index in [9.17, 15) is 0 Å². The molecule has 6 nitrogen and oxygen atoms in total. The van der Waals surface area contributed by atoms with Crippen molar-refractivity contribution in [3.8, 4) is 16.9 Å². The van der Waals surface area contributed by atoms with Gasteiger partial charge in [-0.3, -0.25) is 4.40 Å². The monoisotopic (exact) mass is 276 g/mol. The molecule has 0 radical (unpaired) electrons. The minimum atomic E-state index is 0.583. The molecule has 3 aromatic heterocycles. The minimum Gasteiger partial charge on any atom is -0.265 e. The first-order chi connectivity index (χ1) is 10.3. The molecule has 0 atom stereocenters. The maximum Gasteiger partial charge on any atom is 0.255 e. The Morgan fingerprint density at radius 1 is 1.05 bits per heavy atom. The van der Waals surface area contributed by atoms with E-state index in [1.54, 1.807) is 12.5 Å². The minimum absolute atomic E-state index is 0.583. The Morgan fingerprint density at radius 2 is 1.90 bits per heavy atom. The molecule has 102 valence electrons. The molecular weight excluding hydrogens is 264 g/mol. The maximum atomic E-state index is 4.50. The molecule has 0 aliphatic carbocycles. The molecule has 1 aromatic carbocycles. The molecule has 4 aromatic rings. The van der Waals surface area contributed by atoms with Crippen LogP contribution >= 0.6 is 0 Å². The van der Waals surface area contributed by atoms with Crippen molar-refractivity contribution in [3.63, 3.8) is 0 Å². The van der Waals surface area contributed by atoms with Crippen LogP contribution in [0.15, 0.2) is 55.1 Å². The van der Waals surface area contributed by atoms with Crippen LogP contribution < -0.4 is 0 Å². The fourth-order valence-electron chi connectivity index (χ4n) is 2.45. The van der Waals surface area contributed by atoms with Gasteiger partial charge in [0, 0.05) is 11.8 Å². The number of aromatic nitrogens is 6. The molecule has 0 saturated heterocycles. The predicted octanol–water partition coefficient (Wildman–Crippen LogP) is 2.29. The Bertz CT molecular complexity index is 906. The van der Waals surface area contributed by atoms with Crippen molar-refractivity contribution >= 4 is 5.78 Å². The summed E-state index contributed by atoms with van der Waals surface area (Å²) in [6.07, 6.45) is 5.26. The van der Waals surface area contributed by atoms with Crippen molar-refractivity contribution in [2.45, 2.75) is 6.92 Å². The number of fused-ring (bicyclic) bond motifs is 1. The Labute approximate surface area is 120 Å². The Kier molecular flexibility index (Phi) is 2.53. The standard InChI is InChI=1S/C15H12N6/c1-11-13(9-18-21(11)12-5-3-2-4-6-12)14-7-8-16-15-19-17-10-20(14)15/h2-10H,1H3. The molecule has 0 bridgehead atoms.